The first kappa shape index (κ1) is 24.4. The maximum atomic E-state index is 12.5. The van der Waals surface area contributed by atoms with Crippen molar-refractivity contribution in [1.29, 1.82) is 0 Å². The molecule has 2 heterocycles. The van der Waals surface area contributed by atoms with Crippen LogP contribution in [0.5, 0.6) is 5.75 Å². The van der Waals surface area contributed by atoms with E-state index in [2.05, 4.69) is 32.2 Å². The number of rotatable bonds is 10. The molecule has 0 saturated heterocycles. The summed E-state index contributed by atoms with van der Waals surface area (Å²) in [5, 5.41) is 12.7. The van der Waals surface area contributed by atoms with Gasteiger partial charge in [-0.15, -0.1) is 10.2 Å². The van der Waals surface area contributed by atoms with Crippen LogP contribution in [0, 0.1) is 0 Å². The SMILES string of the molecule is COc1ccccc1-n1c(Cc2ccccc2)nnc1SCc1ccc(C(=O)NCc2ccco2)cc1. The number of nitrogens with zero attached hydrogens (tertiary/aromatic N) is 3. The first-order chi connectivity index (χ1) is 18.2. The van der Waals surface area contributed by atoms with Crippen molar-refractivity contribution in [2.45, 2.75) is 23.9 Å². The van der Waals surface area contributed by atoms with Crippen LogP contribution in [0.15, 0.2) is 107 Å². The molecular weight excluding hydrogens is 484 g/mol. The molecule has 5 aromatic rings. The molecule has 0 spiro atoms. The number of nitrogens with one attached hydrogen (secondary N) is 1. The smallest absolute Gasteiger partial charge is 0.251 e. The van der Waals surface area contributed by atoms with Gasteiger partial charge in [-0.1, -0.05) is 66.4 Å². The van der Waals surface area contributed by atoms with Crippen molar-refractivity contribution in [1.82, 2.24) is 20.1 Å². The number of methoxy groups -OCH3 is 1. The first-order valence-electron chi connectivity index (χ1n) is 11.8. The molecule has 37 heavy (non-hydrogen) atoms. The van der Waals surface area contributed by atoms with E-state index in [0.29, 0.717) is 30.0 Å². The molecule has 7 nitrogen and oxygen atoms in total. The molecule has 0 bridgehead atoms. The average molecular weight is 511 g/mol. The number of para-hydroxylation sites is 2. The van der Waals surface area contributed by atoms with E-state index < -0.39 is 0 Å². The highest BCUT2D eigenvalue weighted by Crippen LogP contribution is 2.31. The molecule has 0 fully saturated rings. The Bertz CT molecular complexity index is 1450. The molecule has 0 radical (unpaired) electrons. The van der Waals surface area contributed by atoms with Gasteiger partial charge in [0.05, 0.1) is 25.6 Å². The first-order valence-corrected chi connectivity index (χ1v) is 12.8. The molecule has 1 amide bonds. The summed E-state index contributed by atoms with van der Waals surface area (Å²) in [6, 6.07) is 29.3. The standard InChI is InChI=1S/C29H26N4O3S/c1-35-26-12-6-5-11-25(26)33-27(18-21-8-3-2-4-9-21)31-32-29(33)37-20-22-13-15-23(16-14-22)28(34)30-19-24-10-7-17-36-24/h2-17H,18-20H2,1H3,(H,30,34). The van der Waals surface area contributed by atoms with E-state index in [1.54, 1.807) is 31.2 Å². The molecule has 0 unspecified atom stereocenters. The van der Waals surface area contributed by atoms with Crippen LogP contribution in [-0.2, 0) is 18.7 Å². The van der Waals surface area contributed by atoms with Crippen molar-refractivity contribution in [3.05, 3.63) is 126 Å². The number of amides is 1. The highest BCUT2D eigenvalue weighted by molar-refractivity contribution is 7.98. The number of hydrogen-bond donors (Lipinski definition) is 1. The number of benzene rings is 3. The Kier molecular flexibility index (Phi) is 7.66. The molecule has 8 heteroatoms. The van der Waals surface area contributed by atoms with E-state index in [9.17, 15) is 4.79 Å². The molecule has 1 N–H and O–H groups in total. The van der Waals surface area contributed by atoms with Gasteiger partial charge in [-0.3, -0.25) is 9.36 Å². The molecule has 0 aliphatic carbocycles. The third-order valence-electron chi connectivity index (χ3n) is 5.82. The molecule has 0 saturated carbocycles. The van der Waals surface area contributed by atoms with Crippen molar-refractivity contribution in [3.63, 3.8) is 0 Å². The molecule has 2 aromatic heterocycles. The van der Waals surface area contributed by atoms with Crippen LogP contribution in [0.4, 0.5) is 0 Å². The molecule has 3 aromatic carbocycles. The zero-order valence-corrected chi connectivity index (χ0v) is 21.2. The summed E-state index contributed by atoms with van der Waals surface area (Å²) in [5.74, 6) is 2.83. The monoisotopic (exact) mass is 510 g/mol. The van der Waals surface area contributed by atoms with Gasteiger partial charge in [0.25, 0.3) is 5.91 Å². The van der Waals surface area contributed by atoms with Gasteiger partial charge in [0.2, 0.25) is 0 Å². The maximum Gasteiger partial charge on any atom is 0.251 e. The summed E-state index contributed by atoms with van der Waals surface area (Å²) in [6.07, 6.45) is 2.24. The number of carbonyl (C=O) groups excluding carboxylic acids is 1. The summed E-state index contributed by atoms with van der Waals surface area (Å²) in [7, 11) is 1.67. The molecule has 0 aliphatic heterocycles. The zero-order chi connectivity index (χ0) is 25.5. The number of aromatic nitrogens is 3. The van der Waals surface area contributed by atoms with E-state index in [-0.39, 0.29) is 5.91 Å². The molecular formula is C29H26N4O3S. The predicted octanol–water partition coefficient (Wildman–Crippen LogP) is 5.68. The minimum Gasteiger partial charge on any atom is -0.495 e. The van der Waals surface area contributed by atoms with Gasteiger partial charge in [0.15, 0.2) is 5.16 Å². The normalized spacial score (nSPS) is 10.8. The van der Waals surface area contributed by atoms with Gasteiger partial charge in [-0.05, 0) is 47.5 Å². The Hall–Kier alpha value is -4.30. The van der Waals surface area contributed by atoms with Crippen molar-refractivity contribution in [2.24, 2.45) is 0 Å². The van der Waals surface area contributed by atoms with Crippen LogP contribution >= 0.6 is 11.8 Å². The third kappa shape index (κ3) is 5.92. The van der Waals surface area contributed by atoms with Gasteiger partial charge >= 0.3 is 0 Å². The summed E-state index contributed by atoms with van der Waals surface area (Å²) >= 11 is 1.59. The van der Waals surface area contributed by atoms with Crippen molar-refractivity contribution >= 4 is 17.7 Å². The van der Waals surface area contributed by atoms with Crippen LogP contribution in [0.3, 0.4) is 0 Å². The van der Waals surface area contributed by atoms with Gasteiger partial charge < -0.3 is 14.5 Å². The van der Waals surface area contributed by atoms with Crippen molar-refractivity contribution in [2.75, 3.05) is 7.11 Å². The number of ether oxygens (including phenoxy) is 1. The number of furan rings is 1. The second-order valence-electron chi connectivity index (χ2n) is 8.32. The zero-order valence-electron chi connectivity index (χ0n) is 20.3. The van der Waals surface area contributed by atoms with Crippen LogP contribution in [0.2, 0.25) is 0 Å². The Labute approximate surface area is 219 Å². The second-order valence-corrected chi connectivity index (χ2v) is 9.26. The van der Waals surface area contributed by atoms with Gasteiger partial charge in [0, 0.05) is 17.7 Å². The molecule has 0 atom stereocenters. The maximum absolute atomic E-state index is 12.5. The Morgan fingerprint density at radius 3 is 2.46 bits per heavy atom. The molecule has 0 aliphatic rings. The van der Waals surface area contributed by atoms with Gasteiger partial charge in [0.1, 0.15) is 17.3 Å². The lowest BCUT2D eigenvalue weighted by Gasteiger charge is -2.14. The topological polar surface area (TPSA) is 82.2 Å². The predicted molar refractivity (Wildman–Crippen MR) is 143 cm³/mol. The summed E-state index contributed by atoms with van der Waals surface area (Å²) in [4.78, 5) is 12.5. The van der Waals surface area contributed by atoms with Crippen molar-refractivity contribution < 1.29 is 13.9 Å². The third-order valence-corrected chi connectivity index (χ3v) is 6.82. The summed E-state index contributed by atoms with van der Waals surface area (Å²) < 4.78 is 13.0. The molecule has 186 valence electrons. The number of carbonyl (C=O) groups is 1. The fourth-order valence-corrected chi connectivity index (χ4v) is 4.85. The van der Waals surface area contributed by atoms with Crippen LogP contribution in [-0.4, -0.2) is 27.8 Å². The fourth-order valence-electron chi connectivity index (χ4n) is 3.93. The highest BCUT2D eigenvalue weighted by atomic mass is 32.2. The summed E-state index contributed by atoms with van der Waals surface area (Å²) in [5.41, 5.74) is 3.73. The molecule has 5 rings (SSSR count). The second kappa shape index (κ2) is 11.6. The number of hydrogen-bond acceptors (Lipinski definition) is 6. The highest BCUT2D eigenvalue weighted by Gasteiger charge is 2.18. The number of thioether (sulfide) groups is 1. The van der Waals surface area contributed by atoms with Crippen molar-refractivity contribution in [3.8, 4) is 11.4 Å². The largest absolute Gasteiger partial charge is 0.495 e. The van der Waals surface area contributed by atoms with E-state index in [1.165, 1.54) is 0 Å². The van der Waals surface area contributed by atoms with Gasteiger partial charge in [-0.2, -0.15) is 0 Å². The van der Waals surface area contributed by atoms with Gasteiger partial charge in [-0.25, -0.2) is 0 Å². The van der Waals surface area contributed by atoms with E-state index in [1.807, 2.05) is 72.8 Å². The summed E-state index contributed by atoms with van der Waals surface area (Å²) in [6.45, 7) is 0.355. The Morgan fingerprint density at radius 2 is 1.70 bits per heavy atom. The quantitative estimate of drug-likeness (QED) is 0.243. The lowest BCUT2D eigenvalue weighted by molar-refractivity contribution is 0.0948. The minimum atomic E-state index is -0.142. The van der Waals surface area contributed by atoms with Crippen LogP contribution in [0.1, 0.15) is 33.1 Å². The van der Waals surface area contributed by atoms with Crippen LogP contribution in [0.25, 0.3) is 5.69 Å². The Balaban J connectivity index is 1.32. The lowest BCUT2D eigenvalue weighted by Crippen LogP contribution is -2.22. The fraction of sp³-hybridized carbons (Fsp3) is 0.138. The van der Waals surface area contributed by atoms with E-state index >= 15 is 0 Å². The minimum absolute atomic E-state index is 0.142. The lowest BCUT2D eigenvalue weighted by atomic mass is 10.1. The van der Waals surface area contributed by atoms with E-state index in [0.717, 1.165) is 33.5 Å². The van der Waals surface area contributed by atoms with E-state index in [4.69, 9.17) is 9.15 Å². The Morgan fingerprint density at radius 1 is 0.919 bits per heavy atom. The average Bonchev–Trinajstić information content (AvgIpc) is 3.61. The van der Waals surface area contributed by atoms with Crippen LogP contribution < -0.4 is 10.1 Å².